The molecule has 2 rings (SSSR count). The molecule has 1 fully saturated rings. The topological polar surface area (TPSA) is 53.9 Å². The Hall–Kier alpha value is -1.23. The third-order valence-electron chi connectivity index (χ3n) is 3.80. The minimum absolute atomic E-state index is 0.181. The molecule has 5 heteroatoms. The standard InChI is InChI=1S/C15H27N5/c1-11-12(2)18-19-14(17-11)20-8-6-7-13(10-20)9-16-15(3,4)5/h13,16H,6-10H2,1-5H3. The molecule has 1 N–H and O–H groups in total. The first-order chi connectivity index (χ1) is 9.35. The van der Waals surface area contributed by atoms with Crippen LogP contribution in [0, 0.1) is 19.8 Å². The second-order valence-corrected chi connectivity index (χ2v) is 6.87. The Labute approximate surface area is 122 Å². The zero-order valence-corrected chi connectivity index (χ0v) is 13.4. The fourth-order valence-electron chi connectivity index (χ4n) is 2.44. The Morgan fingerprint density at radius 1 is 1.20 bits per heavy atom. The summed E-state index contributed by atoms with van der Waals surface area (Å²) in [6.07, 6.45) is 2.48. The highest BCUT2D eigenvalue weighted by molar-refractivity contribution is 5.30. The molecule has 0 aromatic carbocycles. The van der Waals surface area contributed by atoms with Gasteiger partial charge < -0.3 is 10.2 Å². The number of nitrogens with zero attached hydrogens (tertiary/aromatic N) is 4. The van der Waals surface area contributed by atoms with Gasteiger partial charge in [-0.3, -0.25) is 0 Å². The quantitative estimate of drug-likeness (QED) is 0.917. The molecule has 112 valence electrons. The van der Waals surface area contributed by atoms with E-state index in [4.69, 9.17) is 0 Å². The number of nitrogens with one attached hydrogen (secondary N) is 1. The van der Waals surface area contributed by atoms with Crippen LogP contribution in [0.25, 0.3) is 0 Å². The van der Waals surface area contributed by atoms with Crippen LogP contribution in [0.1, 0.15) is 45.0 Å². The molecule has 0 radical (unpaired) electrons. The summed E-state index contributed by atoms with van der Waals surface area (Å²) in [5.41, 5.74) is 2.07. The van der Waals surface area contributed by atoms with Crippen LogP contribution in [-0.2, 0) is 0 Å². The maximum Gasteiger partial charge on any atom is 0.245 e. The van der Waals surface area contributed by atoms with Gasteiger partial charge in [-0.1, -0.05) is 0 Å². The van der Waals surface area contributed by atoms with Crippen LogP contribution < -0.4 is 10.2 Å². The second kappa shape index (κ2) is 6.04. The summed E-state index contributed by atoms with van der Waals surface area (Å²) in [5, 5.41) is 12.0. The summed E-state index contributed by atoms with van der Waals surface area (Å²) < 4.78 is 0. The first-order valence-corrected chi connectivity index (χ1v) is 7.53. The first-order valence-electron chi connectivity index (χ1n) is 7.53. The van der Waals surface area contributed by atoms with Crippen molar-refractivity contribution < 1.29 is 0 Å². The van der Waals surface area contributed by atoms with Crippen molar-refractivity contribution in [1.82, 2.24) is 20.5 Å². The van der Waals surface area contributed by atoms with E-state index in [1.54, 1.807) is 0 Å². The van der Waals surface area contributed by atoms with Crippen LogP contribution in [0.3, 0.4) is 0 Å². The van der Waals surface area contributed by atoms with Crippen LogP contribution in [0.5, 0.6) is 0 Å². The van der Waals surface area contributed by atoms with E-state index in [2.05, 4.69) is 46.2 Å². The van der Waals surface area contributed by atoms with Crippen molar-refractivity contribution >= 4 is 5.95 Å². The average molecular weight is 277 g/mol. The van der Waals surface area contributed by atoms with Crippen LogP contribution in [0.2, 0.25) is 0 Å². The maximum atomic E-state index is 4.57. The monoisotopic (exact) mass is 277 g/mol. The lowest BCUT2D eigenvalue weighted by molar-refractivity contribution is 0.333. The number of aryl methyl sites for hydroxylation is 2. The third kappa shape index (κ3) is 4.13. The molecule has 1 aromatic heterocycles. The molecule has 1 aliphatic heterocycles. The zero-order valence-electron chi connectivity index (χ0n) is 13.4. The fraction of sp³-hybridized carbons (Fsp3) is 0.800. The van der Waals surface area contributed by atoms with E-state index in [1.807, 2.05) is 13.8 Å². The maximum absolute atomic E-state index is 4.57. The van der Waals surface area contributed by atoms with Crippen molar-refractivity contribution in [2.24, 2.45) is 5.92 Å². The summed E-state index contributed by atoms with van der Waals surface area (Å²) >= 11 is 0. The normalized spacial score (nSPS) is 20.2. The highest BCUT2D eigenvalue weighted by Crippen LogP contribution is 2.20. The van der Waals surface area contributed by atoms with Gasteiger partial charge in [0.15, 0.2) is 0 Å². The second-order valence-electron chi connectivity index (χ2n) is 6.87. The van der Waals surface area contributed by atoms with E-state index in [-0.39, 0.29) is 5.54 Å². The van der Waals surface area contributed by atoms with Gasteiger partial charge in [0, 0.05) is 25.2 Å². The van der Waals surface area contributed by atoms with E-state index in [9.17, 15) is 0 Å². The minimum Gasteiger partial charge on any atom is -0.339 e. The van der Waals surface area contributed by atoms with Crippen molar-refractivity contribution in [3.8, 4) is 0 Å². The fourth-order valence-corrected chi connectivity index (χ4v) is 2.44. The average Bonchev–Trinajstić information content (AvgIpc) is 2.39. The molecule has 2 heterocycles. The van der Waals surface area contributed by atoms with E-state index in [0.29, 0.717) is 5.92 Å². The van der Waals surface area contributed by atoms with Crippen LogP contribution >= 0.6 is 0 Å². The first kappa shape index (κ1) is 15.2. The van der Waals surface area contributed by atoms with Crippen LogP contribution in [0.4, 0.5) is 5.95 Å². The van der Waals surface area contributed by atoms with E-state index in [0.717, 1.165) is 37.0 Å². The van der Waals surface area contributed by atoms with Crippen molar-refractivity contribution in [2.45, 2.75) is 53.0 Å². The van der Waals surface area contributed by atoms with Gasteiger partial charge in [-0.25, -0.2) is 4.98 Å². The molecular formula is C15H27N5. The molecule has 0 saturated carbocycles. The molecule has 0 spiro atoms. The Kier molecular flexibility index (Phi) is 4.58. The lowest BCUT2D eigenvalue weighted by Gasteiger charge is -2.34. The summed E-state index contributed by atoms with van der Waals surface area (Å²) in [4.78, 5) is 6.85. The van der Waals surface area contributed by atoms with Gasteiger partial charge in [-0.15, -0.1) is 5.10 Å². The van der Waals surface area contributed by atoms with E-state index in [1.165, 1.54) is 12.8 Å². The molecule has 1 aliphatic rings. The third-order valence-corrected chi connectivity index (χ3v) is 3.80. The van der Waals surface area contributed by atoms with Gasteiger partial charge in [0.05, 0.1) is 11.4 Å². The number of piperidine rings is 1. The highest BCUT2D eigenvalue weighted by Gasteiger charge is 2.23. The molecule has 1 atom stereocenters. The lowest BCUT2D eigenvalue weighted by Crippen LogP contribution is -2.45. The van der Waals surface area contributed by atoms with E-state index < -0.39 is 0 Å². The van der Waals surface area contributed by atoms with Crippen molar-refractivity contribution in [3.05, 3.63) is 11.4 Å². The predicted octanol–water partition coefficient (Wildman–Crippen LogP) is 2.09. The van der Waals surface area contributed by atoms with Gasteiger partial charge in [0.25, 0.3) is 0 Å². The Morgan fingerprint density at radius 2 is 1.95 bits per heavy atom. The van der Waals surface area contributed by atoms with Crippen LogP contribution in [-0.4, -0.2) is 40.4 Å². The minimum atomic E-state index is 0.181. The smallest absolute Gasteiger partial charge is 0.245 e. The molecule has 5 nitrogen and oxygen atoms in total. The summed E-state index contributed by atoms with van der Waals surface area (Å²) in [7, 11) is 0. The molecule has 1 unspecified atom stereocenters. The largest absolute Gasteiger partial charge is 0.339 e. The van der Waals surface area contributed by atoms with Crippen molar-refractivity contribution in [1.29, 1.82) is 0 Å². The van der Waals surface area contributed by atoms with Gasteiger partial charge in [0.1, 0.15) is 0 Å². The lowest BCUT2D eigenvalue weighted by atomic mass is 9.97. The summed E-state index contributed by atoms with van der Waals surface area (Å²) in [5.74, 6) is 1.45. The Morgan fingerprint density at radius 3 is 2.60 bits per heavy atom. The van der Waals surface area contributed by atoms with Gasteiger partial charge in [-0.2, -0.15) is 5.10 Å². The molecule has 1 aromatic rings. The van der Waals surface area contributed by atoms with Crippen LogP contribution in [0.15, 0.2) is 0 Å². The van der Waals surface area contributed by atoms with Gasteiger partial charge >= 0.3 is 0 Å². The number of anilines is 1. The predicted molar refractivity (Wildman–Crippen MR) is 82.0 cm³/mol. The molecule has 20 heavy (non-hydrogen) atoms. The van der Waals surface area contributed by atoms with E-state index >= 15 is 0 Å². The molecular weight excluding hydrogens is 250 g/mol. The number of aromatic nitrogens is 3. The number of hydrogen-bond donors (Lipinski definition) is 1. The number of hydrogen-bond acceptors (Lipinski definition) is 5. The number of rotatable bonds is 3. The Bertz CT molecular complexity index is 452. The van der Waals surface area contributed by atoms with Crippen molar-refractivity contribution in [3.63, 3.8) is 0 Å². The van der Waals surface area contributed by atoms with Gasteiger partial charge in [0.2, 0.25) is 5.95 Å². The Balaban J connectivity index is 1.97. The molecule has 0 aliphatic carbocycles. The van der Waals surface area contributed by atoms with Gasteiger partial charge in [-0.05, 0) is 53.4 Å². The summed E-state index contributed by atoms with van der Waals surface area (Å²) in [6, 6.07) is 0. The van der Waals surface area contributed by atoms with Crippen molar-refractivity contribution in [2.75, 3.05) is 24.5 Å². The SMILES string of the molecule is Cc1nnc(N2CCCC(CNC(C)(C)C)C2)nc1C. The summed E-state index contributed by atoms with van der Waals surface area (Å²) in [6.45, 7) is 13.7. The molecule has 1 saturated heterocycles. The molecule has 0 amide bonds. The molecule has 0 bridgehead atoms. The zero-order chi connectivity index (χ0) is 14.8. The highest BCUT2D eigenvalue weighted by atomic mass is 15.3.